The molecule has 0 saturated carbocycles. The van der Waals surface area contributed by atoms with Gasteiger partial charge in [-0.25, -0.2) is 15.0 Å². The predicted molar refractivity (Wildman–Crippen MR) is 232 cm³/mol. The van der Waals surface area contributed by atoms with Gasteiger partial charge in [0.05, 0.1) is 17.0 Å². The van der Waals surface area contributed by atoms with E-state index in [0.717, 1.165) is 60.6 Å². The first-order chi connectivity index (χ1) is 29.2. The third-order valence-electron chi connectivity index (χ3n) is 12.4. The number of aromatic nitrogens is 3. The van der Waals surface area contributed by atoms with E-state index in [4.69, 9.17) is 23.8 Å². The van der Waals surface area contributed by atoms with Gasteiger partial charge in [0.1, 0.15) is 22.3 Å². The summed E-state index contributed by atoms with van der Waals surface area (Å²) >= 11 is 0. The molecule has 0 atom stereocenters. The van der Waals surface area contributed by atoms with Crippen molar-refractivity contribution in [2.24, 2.45) is 0 Å². The molecule has 13 rings (SSSR count). The summed E-state index contributed by atoms with van der Waals surface area (Å²) in [5.74, 6) is 1.55. The molecule has 0 bridgehead atoms. The molecule has 3 aromatic heterocycles. The summed E-state index contributed by atoms with van der Waals surface area (Å²) in [4.78, 5) is 14.9. The zero-order valence-electron chi connectivity index (χ0n) is 31.3. The van der Waals surface area contributed by atoms with Crippen molar-refractivity contribution in [1.29, 1.82) is 5.26 Å². The third kappa shape index (κ3) is 4.31. The van der Waals surface area contributed by atoms with E-state index in [1.165, 1.54) is 44.5 Å². The lowest BCUT2D eigenvalue weighted by molar-refractivity contribution is 0.666. The van der Waals surface area contributed by atoms with Gasteiger partial charge in [0.15, 0.2) is 17.5 Å². The maximum Gasteiger partial charge on any atom is 0.164 e. The van der Waals surface area contributed by atoms with Gasteiger partial charge in [0, 0.05) is 38.2 Å². The van der Waals surface area contributed by atoms with Crippen LogP contribution < -0.4 is 0 Å². The largest absolute Gasteiger partial charge is 0.456 e. The molecule has 0 N–H and O–H groups in total. The first-order valence-electron chi connectivity index (χ1n) is 19.6. The summed E-state index contributed by atoms with van der Waals surface area (Å²) in [6.07, 6.45) is 0. The summed E-state index contributed by atoms with van der Waals surface area (Å²) in [6, 6.07) is 60.8. The number of benzene rings is 8. The van der Waals surface area contributed by atoms with E-state index in [1.807, 2.05) is 66.7 Å². The van der Waals surface area contributed by atoms with E-state index >= 15 is 0 Å². The number of hydrogen-bond donors (Lipinski definition) is 0. The van der Waals surface area contributed by atoms with E-state index in [9.17, 15) is 5.26 Å². The Bertz CT molecular complexity index is 3600. The molecule has 0 radical (unpaired) electrons. The molecule has 3 heterocycles. The zero-order chi connectivity index (χ0) is 38.8. The summed E-state index contributed by atoms with van der Waals surface area (Å²) < 4.78 is 13.5. The van der Waals surface area contributed by atoms with Crippen molar-refractivity contribution in [3.63, 3.8) is 0 Å². The minimum absolute atomic E-state index is 0.491. The number of fused-ring (bicyclic) bond motifs is 17. The van der Waals surface area contributed by atoms with Crippen molar-refractivity contribution < 1.29 is 8.83 Å². The number of para-hydroxylation sites is 1. The third-order valence-corrected chi connectivity index (χ3v) is 12.4. The highest BCUT2D eigenvalue weighted by Gasteiger charge is 2.53. The molecule has 0 saturated heterocycles. The van der Waals surface area contributed by atoms with Crippen LogP contribution in [0, 0.1) is 11.3 Å². The molecule has 6 heteroatoms. The monoisotopic (exact) mass is 752 g/mol. The molecule has 0 amide bonds. The summed E-state index contributed by atoms with van der Waals surface area (Å²) in [5.41, 5.74) is 15.4. The predicted octanol–water partition coefficient (Wildman–Crippen LogP) is 12.9. The molecular formula is C53H28N4O2. The number of hydrogen-bond acceptors (Lipinski definition) is 6. The van der Waals surface area contributed by atoms with Crippen molar-refractivity contribution in [2.45, 2.75) is 5.41 Å². The van der Waals surface area contributed by atoms with Gasteiger partial charge in [0.25, 0.3) is 0 Å². The van der Waals surface area contributed by atoms with Crippen LogP contribution >= 0.6 is 0 Å². The zero-order valence-corrected chi connectivity index (χ0v) is 31.3. The fourth-order valence-corrected chi connectivity index (χ4v) is 9.93. The van der Waals surface area contributed by atoms with Crippen LogP contribution in [0.2, 0.25) is 0 Å². The minimum atomic E-state index is -0.619. The summed E-state index contributed by atoms with van der Waals surface area (Å²) in [6.45, 7) is 0. The molecule has 6 nitrogen and oxygen atoms in total. The maximum atomic E-state index is 9.66. The van der Waals surface area contributed by atoms with Crippen molar-refractivity contribution >= 4 is 43.9 Å². The van der Waals surface area contributed by atoms with E-state index in [2.05, 4.69) is 103 Å². The fourth-order valence-electron chi connectivity index (χ4n) is 9.93. The van der Waals surface area contributed by atoms with Crippen LogP contribution in [-0.4, -0.2) is 15.0 Å². The van der Waals surface area contributed by atoms with Crippen LogP contribution in [0.5, 0.6) is 0 Å². The van der Waals surface area contributed by atoms with Gasteiger partial charge in [-0.3, -0.25) is 0 Å². The molecule has 0 unspecified atom stereocenters. The highest BCUT2D eigenvalue weighted by atomic mass is 16.3. The van der Waals surface area contributed by atoms with Gasteiger partial charge in [-0.1, -0.05) is 121 Å². The second kappa shape index (κ2) is 11.7. The number of nitriles is 1. The smallest absolute Gasteiger partial charge is 0.164 e. The average Bonchev–Trinajstić information content (AvgIpc) is 4.03. The van der Waals surface area contributed by atoms with Crippen LogP contribution in [0.15, 0.2) is 179 Å². The fraction of sp³-hybridized carbons (Fsp3) is 0.0189. The summed E-state index contributed by atoms with van der Waals surface area (Å²) in [5, 5.41) is 14.0. The van der Waals surface area contributed by atoms with Crippen LogP contribution in [0.3, 0.4) is 0 Å². The van der Waals surface area contributed by atoms with Gasteiger partial charge < -0.3 is 8.83 Å². The topological polar surface area (TPSA) is 88.7 Å². The first-order valence-corrected chi connectivity index (χ1v) is 19.6. The Morgan fingerprint density at radius 2 is 1.05 bits per heavy atom. The Balaban J connectivity index is 1.08. The van der Waals surface area contributed by atoms with E-state index in [0.29, 0.717) is 23.0 Å². The van der Waals surface area contributed by atoms with Gasteiger partial charge in [-0.05, 0) is 93.0 Å². The van der Waals surface area contributed by atoms with Gasteiger partial charge in [0.2, 0.25) is 0 Å². The molecule has 59 heavy (non-hydrogen) atoms. The Labute approximate surface area is 337 Å². The van der Waals surface area contributed by atoms with Gasteiger partial charge in [-0.2, -0.15) is 5.26 Å². The average molecular weight is 753 g/mol. The Hall–Kier alpha value is -8.14. The van der Waals surface area contributed by atoms with Crippen LogP contribution in [0.1, 0.15) is 27.8 Å². The highest BCUT2D eigenvalue weighted by Crippen LogP contribution is 2.65. The van der Waals surface area contributed by atoms with Gasteiger partial charge >= 0.3 is 0 Å². The van der Waals surface area contributed by atoms with Crippen molar-refractivity contribution in [3.8, 4) is 62.5 Å². The molecule has 0 fully saturated rings. The highest BCUT2D eigenvalue weighted by molar-refractivity contribution is 6.16. The molecule has 272 valence electrons. The quantitative estimate of drug-likeness (QED) is 0.178. The van der Waals surface area contributed by atoms with Crippen LogP contribution in [-0.2, 0) is 5.41 Å². The van der Waals surface area contributed by atoms with E-state index in [1.54, 1.807) is 6.07 Å². The molecule has 11 aromatic rings. The number of furan rings is 2. The lowest BCUT2D eigenvalue weighted by Crippen LogP contribution is -2.26. The summed E-state index contributed by atoms with van der Waals surface area (Å²) in [7, 11) is 0. The van der Waals surface area contributed by atoms with Crippen molar-refractivity contribution in [1.82, 2.24) is 15.0 Å². The van der Waals surface area contributed by atoms with E-state index < -0.39 is 5.41 Å². The van der Waals surface area contributed by atoms with Crippen LogP contribution in [0.4, 0.5) is 0 Å². The molecule has 8 aromatic carbocycles. The second-order valence-corrected chi connectivity index (χ2v) is 15.4. The number of rotatable bonds is 3. The molecule has 2 aliphatic carbocycles. The first kappa shape index (κ1) is 32.0. The normalized spacial score (nSPS) is 13.2. The van der Waals surface area contributed by atoms with Gasteiger partial charge in [-0.15, -0.1) is 0 Å². The molecule has 0 aliphatic heterocycles. The van der Waals surface area contributed by atoms with Crippen molar-refractivity contribution in [2.75, 3.05) is 0 Å². The van der Waals surface area contributed by atoms with Crippen LogP contribution in [0.25, 0.3) is 100 Å². The molecular weight excluding hydrogens is 725 g/mol. The Kier molecular flexibility index (Phi) is 6.35. The Morgan fingerprint density at radius 3 is 1.83 bits per heavy atom. The lowest BCUT2D eigenvalue weighted by Gasteiger charge is -2.31. The molecule has 2 aliphatic rings. The SMILES string of the molecule is N#Cc1cccc(-c2nc(-c3ccccc3)nc(-c3ccc4c(c3)oc3ccc5c(c34)C3(c4ccccc4-c4ccccc43)c3cc4oc6ccccc6c4cc3-5)n2)c1. The maximum absolute atomic E-state index is 9.66. The standard InChI is InChI=1S/C53H28N4O2/c54-29-30-11-10-14-32(25-30)51-55-50(31-12-2-1-3-13-31)56-52(57-51)33-21-22-38-46(26-33)59-45-24-23-37-39-27-40-36-17-6-9-20-44(36)58-47(40)28-43(39)53(49(37)48(38)45)41-18-7-4-15-34(41)35-16-5-8-19-42(35)53/h1-28H. The number of nitrogens with zero attached hydrogens (tertiary/aromatic N) is 4. The second-order valence-electron chi connectivity index (χ2n) is 15.4. The van der Waals surface area contributed by atoms with E-state index in [-0.39, 0.29) is 0 Å². The minimum Gasteiger partial charge on any atom is -0.456 e. The van der Waals surface area contributed by atoms with Crippen molar-refractivity contribution in [3.05, 3.63) is 198 Å². The lowest BCUT2D eigenvalue weighted by atomic mass is 9.69. The molecule has 1 spiro atoms. The Morgan fingerprint density at radius 1 is 0.407 bits per heavy atom.